The predicted molar refractivity (Wildman–Crippen MR) is 144 cm³/mol. The van der Waals surface area contributed by atoms with Crippen molar-refractivity contribution in [2.75, 3.05) is 19.6 Å². The van der Waals surface area contributed by atoms with Crippen molar-refractivity contribution in [1.29, 1.82) is 0 Å². The van der Waals surface area contributed by atoms with Crippen molar-refractivity contribution in [3.05, 3.63) is 64.9 Å². The Morgan fingerprint density at radius 1 is 1.19 bits per heavy atom. The highest BCUT2D eigenvalue weighted by Gasteiger charge is 2.25. The standard InChI is InChI=1S/C29H34ClN3O3/c1-4-24-20(12-14-33-13-6-8-22(18-33)29(34)35)7-5-9-25(24)23-16-31-28(32-17-23)21-10-11-27(26(30)15-21)36-19(2)3/h5,7,9-11,15-17,19,22H,4,6,8,12-14,18H2,1-3H3,(H,34,35)/t22-/m0/s1. The third-order valence-electron chi connectivity index (χ3n) is 6.69. The zero-order valence-corrected chi connectivity index (χ0v) is 22.0. The van der Waals surface area contributed by atoms with E-state index >= 15 is 0 Å². The van der Waals surface area contributed by atoms with Crippen molar-refractivity contribution < 1.29 is 14.6 Å². The molecule has 6 nitrogen and oxygen atoms in total. The second-order valence-corrected chi connectivity index (χ2v) is 10.0. The van der Waals surface area contributed by atoms with Gasteiger partial charge in [0.2, 0.25) is 0 Å². The minimum atomic E-state index is -0.679. The Balaban J connectivity index is 1.50. The van der Waals surface area contributed by atoms with E-state index in [4.69, 9.17) is 16.3 Å². The van der Waals surface area contributed by atoms with Crippen LogP contribution in [0.15, 0.2) is 48.8 Å². The van der Waals surface area contributed by atoms with Crippen molar-refractivity contribution in [2.24, 2.45) is 5.92 Å². The molecule has 0 unspecified atom stereocenters. The van der Waals surface area contributed by atoms with Crippen molar-refractivity contribution in [2.45, 2.75) is 52.6 Å². The van der Waals surface area contributed by atoms with Gasteiger partial charge in [0.25, 0.3) is 0 Å². The lowest BCUT2D eigenvalue weighted by molar-refractivity contribution is -0.143. The van der Waals surface area contributed by atoms with Gasteiger partial charge in [0.15, 0.2) is 5.82 Å². The van der Waals surface area contributed by atoms with Crippen LogP contribution in [0.5, 0.6) is 5.75 Å². The molecule has 0 aliphatic carbocycles. The van der Waals surface area contributed by atoms with E-state index in [1.165, 1.54) is 11.1 Å². The molecule has 2 heterocycles. The first kappa shape index (κ1) is 26.1. The summed E-state index contributed by atoms with van der Waals surface area (Å²) in [6.45, 7) is 8.58. The topological polar surface area (TPSA) is 75.6 Å². The molecule has 190 valence electrons. The summed E-state index contributed by atoms with van der Waals surface area (Å²) < 4.78 is 5.72. The molecule has 0 radical (unpaired) electrons. The Bertz CT molecular complexity index is 1200. The molecule has 0 spiro atoms. The zero-order chi connectivity index (χ0) is 25.7. The monoisotopic (exact) mass is 507 g/mol. The highest BCUT2D eigenvalue weighted by atomic mass is 35.5. The molecule has 0 amide bonds. The van der Waals surface area contributed by atoms with Gasteiger partial charge in [-0.25, -0.2) is 9.97 Å². The van der Waals surface area contributed by atoms with Gasteiger partial charge >= 0.3 is 5.97 Å². The number of carbonyl (C=O) groups is 1. The van der Waals surface area contributed by atoms with Crippen molar-refractivity contribution in [1.82, 2.24) is 14.9 Å². The summed E-state index contributed by atoms with van der Waals surface area (Å²) in [5.74, 6) is 0.338. The molecule has 0 saturated carbocycles. The maximum absolute atomic E-state index is 11.4. The van der Waals surface area contributed by atoms with E-state index in [2.05, 4.69) is 40.0 Å². The molecule has 36 heavy (non-hydrogen) atoms. The lowest BCUT2D eigenvalue weighted by Gasteiger charge is -2.30. The van der Waals surface area contributed by atoms with Crippen LogP contribution in [-0.4, -0.2) is 51.7 Å². The number of likely N-dealkylation sites (tertiary alicyclic amines) is 1. The Kier molecular flexibility index (Phi) is 8.60. The van der Waals surface area contributed by atoms with E-state index < -0.39 is 5.97 Å². The number of rotatable bonds is 9. The van der Waals surface area contributed by atoms with Crippen LogP contribution in [0.1, 0.15) is 44.7 Å². The summed E-state index contributed by atoms with van der Waals surface area (Å²) in [6.07, 6.45) is 7.31. The van der Waals surface area contributed by atoms with E-state index in [1.54, 1.807) is 0 Å². The normalized spacial score (nSPS) is 16.3. The number of carboxylic acid groups (broad SMARTS) is 1. The highest BCUT2D eigenvalue weighted by Crippen LogP contribution is 2.31. The molecule has 1 saturated heterocycles. The molecule has 1 fully saturated rings. The van der Waals surface area contributed by atoms with Gasteiger partial charge in [0.1, 0.15) is 5.75 Å². The summed E-state index contributed by atoms with van der Waals surface area (Å²) in [4.78, 5) is 23.0. The van der Waals surface area contributed by atoms with Crippen LogP contribution in [0.3, 0.4) is 0 Å². The number of hydrogen-bond acceptors (Lipinski definition) is 5. The van der Waals surface area contributed by atoms with Gasteiger partial charge in [0.05, 0.1) is 17.0 Å². The molecule has 2 aromatic carbocycles. The van der Waals surface area contributed by atoms with E-state index in [0.717, 1.165) is 55.5 Å². The Hall–Kier alpha value is -2.96. The molecule has 1 aliphatic rings. The smallest absolute Gasteiger partial charge is 0.307 e. The lowest BCUT2D eigenvalue weighted by Crippen LogP contribution is -2.39. The van der Waals surface area contributed by atoms with Crippen LogP contribution in [0.2, 0.25) is 5.02 Å². The van der Waals surface area contributed by atoms with Crippen LogP contribution < -0.4 is 4.74 Å². The molecule has 1 atom stereocenters. The van der Waals surface area contributed by atoms with E-state index in [1.807, 2.05) is 44.4 Å². The second-order valence-electron chi connectivity index (χ2n) is 9.63. The predicted octanol–water partition coefficient (Wildman–Crippen LogP) is 6.15. The Labute approximate surface area is 218 Å². The van der Waals surface area contributed by atoms with E-state index in [-0.39, 0.29) is 12.0 Å². The number of nitrogens with zero attached hydrogens (tertiary/aromatic N) is 3. The van der Waals surface area contributed by atoms with Gasteiger partial charge in [-0.2, -0.15) is 0 Å². The van der Waals surface area contributed by atoms with E-state index in [0.29, 0.717) is 23.1 Å². The van der Waals surface area contributed by atoms with Crippen molar-refractivity contribution >= 4 is 17.6 Å². The first-order valence-corrected chi connectivity index (χ1v) is 13.1. The SMILES string of the molecule is CCc1c(CCN2CCC[C@H](C(=O)O)C2)cccc1-c1cnc(-c2ccc(OC(C)C)c(Cl)c2)nc1. The Morgan fingerprint density at radius 3 is 2.64 bits per heavy atom. The number of halogens is 1. The van der Waals surface area contributed by atoms with Gasteiger partial charge in [-0.3, -0.25) is 4.79 Å². The second kappa shape index (κ2) is 11.8. The number of hydrogen-bond donors (Lipinski definition) is 1. The maximum Gasteiger partial charge on any atom is 0.307 e. The largest absolute Gasteiger partial charge is 0.489 e. The Morgan fingerprint density at radius 2 is 1.97 bits per heavy atom. The quantitative estimate of drug-likeness (QED) is 0.374. The molecule has 1 aliphatic heterocycles. The van der Waals surface area contributed by atoms with Gasteiger partial charge in [-0.1, -0.05) is 36.7 Å². The zero-order valence-electron chi connectivity index (χ0n) is 21.2. The van der Waals surface area contributed by atoms with Crippen LogP contribution in [0.4, 0.5) is 0 Å². The van der Waals surface area contributed by atoms with E-state index in [9.17, 15) is 9.90 Å². The third-order valence-corrected chi connectivity index (χ3v) is 6.99. The number of piperidine rings is 1. The summed E-state index contributed by atoms with van der Waals surface area (Å²) in [6, 6.07) is 12.0. The maximum atomic E-state index is 11.4. The van der Waals surface area contributed by atoms with Gasteiger partial charge in [0, 0.05) is 36.6 Å². The third kappa shape index (κ3) is 6.23. The van der Waals surface area contributed by atoms with Gasteiger partial charge in [-0.15, -0.1) is 0 Å². The summed E-state index contributed by atoms with van der Waals surface area (Å²) in [7, 11) is 0. The summed E-state index contributed by atoms with van der Waals surface area (Å²) in [5.41, 5.74) is 5.55. The molecular weight excluding hydrogens is 474 g/mol. The minimum Gasteiger partial charge on any atom is -0.489 e. The first-order valence-electron chi connectivity index (χ1n) is 12.7. The highest BCUT2D eigenvalue weighted by molar-refractivity contribution is 6.32. The number of benzene rings is 2. The molecular formula is C29H34ClN3O3. The summed E-state index contributed by atoms with van der Waals surface area (Å²) in [5, 5.41) is 9.92. The molecule has 0 bridgehead atoms. The van der Waals surface area contributed by atoms with Crippen molar-refractivity contribution in [3.63, 3.8) is 0 Å². The molecule has 3 aromatic rings. The number of aliphatic carboxylic acids is 1. The minimum absolute atomic E-state index is 0.0499. The fraction of sp³-hybridized carbons (Fsp3) is 0.414. The van der Waals surface area contributed by atoms with Crippen LogP contribution in [-0.2, 0) is 17.6 Å². The lowest BCUT2D eigenvalue weighted by atomic mass is 9.93. The summed E-state index contributed by atoms with van der Waals surface area (Å²) >= 11 is 6.40. The molecule has 4 rings (SSSR count). The fourth-order valence-electron chi connectivity index (χ4n) is 4.90. The molecule has 7 heteroatoms. The average molecular weight is 508 g/mol. The van der Waals surface area contributed by atoms with Gasteiger partial charge < -0.3 is 14.7 Å². The molecule has 1 aromatic heterocycles. The van der Waals surface area contributed by atoms with Crippen LogP contribution >= 0.6 is 11.6 Å². The first-order chi connectivity index (χ1) is 17.4. The van der Waals surface area contributed by atoms with Gasteiger partial charge in [-0.05, 0) is 81.0 Å². The van der Waals surface area contributed by atoms with Crippen molar-refractivity contribution in [3.8, 4) is 28.3 Å². The average Bonchev–Trinajstić information content (AvgIpc) is 2.88. The fourth-order valence-corrected chi connectivity index (χ4v) is 5.13. The number of ether oxygens (including phenoxy) is 1. The van der Waals surface area contributed by atoms with Crippen LogP contribution in [0.25, 0.3) is 22.5 Å². The molecule has 1 N–H and O–H groups in total. The van der Waals surface area contributed by atoms with Crippen LogP contribution in [0, 0.1) is 5.92 Å². The number of carboxylic acids is 1. The number of aromatic nitrogens is 2.